The molecule has 44 heavy (non-hydrogen) atoms. The van der Waals surface area contributed by atoms with Gasteiger partial charge in [-0.15, -0.1) is 0 Å². The molecule has 0 saturated heterocycles. The zero-order chi connectivity index (χ0) is 28.8. The van der Waals surface area contributed by atoms with E-state index in [2.05, 4.69) is 152 Å². The lowest BCUT2D eigenvalue weighted by molar-refractivity contribution is 0.854. The lowest BCUT2D eigenvalue weighted by Gasteiger charge is -2.17. The zero-order valence-electron chi connectivity index (χ0n) is 24.2. The molecule has 0 aromatic heterocycles. The lowest BCUT2D eigenvalue weighted by Crippen LogP contribution is -1.96. The Morgan fingerprint density at radius 1 is 0.409 bits per heavy atom. The van der Waals surface area contributed by atoms with Gasteiger partial charge in [-0.3, -0.25) is 0 Å². The molecule has 0 saturated carbocycles. The van der Waals surface area contributed by atoms with Crippen molar-refractivity contribution in [3.63, 3.8) is 0 Å². The van der Waals surface area contributed by atoms with E-state index in [1.54, 1.807) is 0 Å². The van der Waals surface area contributed by atoms with Crippen LogP contribution >= 0.6 is 0 Å². The Morgan fingerprint density at radius 3 is 1.98 bits per heavy atom. The van der Waals surface area contributed by atoms with E-state index >= 15 is 0 Å². The van der Waals surface area contributed by atoms with E-state index in [0.717, 1.165) is 6.42 Å². The van der Waals surface area contributed by atoms with Crippen molar-refractivity contribution < 1.29 is 0 Å². The van der Waals surface area contributed by atoms with Crippen LogP contribution in [-0.2, 0) is 0 Å². The fraction of sp³-hybridized carbons (Fsp3) is 0.0455. The third-order valence-corrected chi connectivity index (χ3v) is 10.0. The predicted molar refractivity (Wildman–Crippen MR) is 190 cm³/mol. The minimum Gasteiger partial charge on any atom is -0.0836 e. The van der Waals surface area contributed by atoms with E-state index in [1.807, 2.05) is 0 Å². The standard InChI is InChI=1S/C44H28/c1-3-11-27(12-4-1)30-17-7-18-32(25-30)40-37-22-10-19-34-33-24-23-31(28-13-5-2-6-14-28)26-38(33)44(41(34)37)43-36-21-9-16-29-15-8-20-35(39(29)36)42(40)43/h1-11,13-27H,12H2. The molecular formula is C44H28. The molecule has 204 valence electrons. The van der Waals surface area contributed by atoms with Gasteiger partial charge in [0, 0.05) is 5.92 Å². The number of rotatable bonds is 3. The van der Waals surface area contributed by atoms with Crippen molar-refractivity contribution in [2.24, 2.45) is 0 Å². The van der Waals surface area contributed by atoms with Crippen molar-refractivity contribution in [2.45, 2.75) is 12.3 Å². The molecule has 0 amide bonds. The molecule has 1 aliphatic carbocycles. The predicted octanol–water partition coefficient (Wildman–Crippen LogP) is 12.4. The minimum absolute atomic E-state index is 0.408. The maximum atomic E-state index is 2.46. The second-order valence-electron chi connectivity index (χ2n) is 12.3. The van der Waals surface area contributed by atoms with Crippen molar-refractivity contribution in [3.05, 3.63) is 157 Å². The monoisotopic (exact) mass is 556 g/mol. The summed E-state index contributed by atoms with van der Waals surface area (Å²) in [6.07, 6.45) is 10.0. The van der Waals surface area contributed by atoms with Crippen molar-refractivity contribution >= 4 is 64.6 Å². The van der Waals surface area contributed by atoms with Crippen LogP contribution in [0, 0.1) is 0 Å². The summed E-state index contributed by atoms with van der Waals surface area (Å²) in [6.45, 7) is 0. The molecule has 0 heteroatoms. The number of allylic oxidation sites excluding steroid dienone is 4. The molecule has 9 aromatic rings. The second kappa shape index (κ2) is 9.02. The van der Waals surface area contributed by atoms with E-state index in [0.29, 0.717) is 5.92 Å². The van der Waals surface area contributed by atoms with Gasteiger partial charge in [-0.25, -0.2) is 0 Å². The molecule has 0 aliphatic heterocycles. The molecule has 1 atom stereocenters. The molecule has 0 fully saturated rings. The zero-order valence-corrected chi connectivity index (χ0v) is 24.2. The molecule has 1 unspecified atom stereocenters. The van der Waals surface area contributed by atoms with Crippen molar-refractivity contribution in [1.82, 2.24) is 0 Å². The SMILES string of the molecule is C1=CCC(c2cccc(-c3c4cccc5c6ccc(-c7ccccc7)cc6c(c45)c4c5cccc6cccc(c34)c65)c2)C=C1. The first-order chi connectivity index (χ1) is 21.8. The first-order valence-electron chi connectivity index (χ1n) is 15.6. The Hall–Kier alpha value is -5.46. The topological polar surface area (TPSA) is 0 Å². The highest BCUT2D eigenvalue weighted by Crippen LogP contribution is 2.53. The van der Waals surface area contributed by atoms with Crippen LogP contribution in [0.5, 0.6) is 0 Å². The van der Waals surface area contributed by atoms with Crippen molar-refractivity contribution in [1.29, 1.82) is 0 Å². The van der Waals surface area contributed by atoms with Crippen LogP contribution in [0.15, 0.2) is 152 Å². The quantitative estimate of drug-likeness (QED) is 0.203. The first kappa shape index (κ1) is 24.0. The van der Waals surface area contributed by atoms with Crippen LogP contribution in [0.1, 0.15) is 17.9 Å². The molecule has 0 nitrogen and oxygen atoms in total. The van der Waals surface area contributed by atoms with Gasteiger partial charge in [0.2, 0.25) is 0 Å². The molecule has 0 bridgehead atoms. The molecule has 10 rings (SSSR count). The number of fused-ring (bicyclic) bond motifs is 7. The maximum absolute atomic E-state index is 2.46. The van der Waals surface area contributed by atoms with Crippen molar-refractivity contribution in [3.8, 4) is 22.3 Å². The van der Waals surface area contributed by atoms with Gasteiger partial charge >= 0.3 is 0 Å². The molecule has 0 heterocycles. The summed E-state index contributed by atoms with van der Waals surface area (Å²) in [7, 11) is 0. The minimum atomic E-state index is 0.408. The van der Waals surface area contributed by atoms with Gasteiger partial charge in [0.1, 0.15) is 0 Å². The Balaban J connectivity index is 1.42. The fourth-order valence-corrected chi connectivity index (χ4v) is 8.18. The van der Waals surface area contributed by atoms with E-state index in [9.17, 15) is 0 Å². The summed E-state index contributed by atoms with van der Waals surface area (Å²) in [5.74, 6) is 0.408. The third kappa shape index (κ3) is 3.23. The normalized spacial score (nSPS) is 15.2. The van der Waals surface area contributed by atoms with Crippen LogP contribution in [0.4, 0.5) is 0 Å². The van der Waals surface area contributed by atoms with Crippen LogP contribution in [0.2, 0.25) is 0 Å². The largest absolute Gasteiger partial charge is 0.0836 e. The average Bonchev–Trinajstić information content (AvgIpc) is 3.60. The highest BCUT2D eigenvalue weighted by atomic mass is 14.3. The molecule has 0 radical (unpaired) electrons. The first-order valence-corrected chi connectivity index (χ1v) is 15.6. The smallest absolute Gasteiger partial charge is 0.00559 e. The van der Waals surface area contributed by atoms with Gasteiger partial charge in [0.25, 0.3) is 0 Å². The van der Waals surface area contributed by atoms with Crippen molar-refractivity contribution in [2.75, 3.05) is 0 Å². The summed E-state index contributed by atoms with van der Waals surface area (Å²) in [5, 5.41) is 16.3. The maximum Gasteiger partial charge on any atom is 0.00559 e. The Morgan fingerprint density at radius 2 is 1.14 bits per heavy atom. The second-order valence-corrected chi connectivity index (χ2v) is 12.3. The average molecular weight is 557 g/mol. The number of hydrogen-bond donors (Lipinski definition) is 0. The fourth-order valence-electron chi connectivity index (χ4n) is 8.18. The van der Waals surface area contributed by atoms with E-state index in [1.165, 1.54) is 92.5 Å². The highest BCUT2D eigenvalue weighted by Gasteiger charge is 2.25. The lowest BCUT2D eigenvalue weighted by atomic mass is 9.87. The summed E-state index contributed by atoms with van der Waals surface area (Å²) in [4.78, 5) is 0. The Bertz CT molecular complexity index is 2610. The van der Waals surface area contributed by atoms with E-state index in [-0.39, 0.29) is 0 Å². The van der Waals surface area contributed by atoms with Crippen LogP contribution in [0.25, 0.3) is 86.9 Å². The van der Waals surface area contributed by atoms with Crippen LogP contribution in [-0.4, -0.2) is 0 Å². The van der Waals surface area contributed by atoms with Gasteiger partial charge in [-0.05, 0) is 105 Å². The van der Waals surface area contributed by atoms with Crippen LogP contribution < -0.4 is 0 Å². The van der Waals surface area contributed by atoms with E-state index in [4.69, 9.17) is 0 Å². The van der Waals surface area contributed by atoms with Gasteiger partial charge in [-0.2, -0.15) is 0 Å². The number of hydrogen-bond acceptors (Lipinski definition) is 0. The third-order valence-electron chi connectivity index (χ3n) is 10.0. The molecule has 0 N–H and O–H groups in total. The molecule has 0 spiro atoms. The van der Waals surface area contributed by atoms with Gasteiger partial charge in [0.05, 0.1) is 0 Å². The Labute approximate surface area is 255 Å². The van der Waals surface area contributed by atoms with E-state index < -0.39 is 0 Å². The van der Waals surface area contributed by atoms with Gasteiger partial charge < -0.3 is 0 Å². The molecular weight excluding hydrogens is 528 g/mol. The molecule has 9 aromatic carbocycles. The van der Waals surface area contributed by atoms with Gasteiger partial charge in [-0.1, -0.05) is 146 Å². The summed E-state index contributed by atoms with van der Waals surface area (Å²) >= 11 is 0. The number of benzene rings is 7. The summed E-state index contributed by atoms with van der Waals surface area (Å²) < 4.78 is 0. The Kier molecular flexibility index (Phi) is 4.93. The van der Waals surface area contributed by atoms with Crippen LogP contribution in [0.3, 0.4) is 0 Å². The summed E-state index contributed by atoms with van der Waals surface area (Å²) in [5.41, 5.74) is 6.56. The highest BCUT2D eigenvalue weighted by molar-refractivity contribution is 6.48. The summed E-state index contributed by atoms with van der Waals surface area (Å²) in [6, 6.07) is 47.9. The molecule has 1 aliphatic rings. The van der Waals surface area contributed by atoms with Gasteiger partial charge in [0.15, 0.2) is 0 Å².